The molecule has 2 bridgehead atoms. The van der Waals surface area contributed by atoms with Crippen LogP contribution in [-0.4, -0.2) is 22.1 Å². The molecule has 3 rings (SSSR count). The third-order valence-corrected chi connectivity index (χ3v) is 6.33. The number of aryl methyl sites for hydroxylation is 1. The Morgan fingerprint density at radius 2 is 2.14 bits per heavy atom. The van der Waals surface area contributed by atoms with Gasteiger partial charge in [-0.1, -0.05) is 59.6 Å². The topological polar surface area (TPSA) is 18.5 Å². The molecule has 116 valence electrons. The summed E-state index contributed by atoms with van der Waals surface area (Å²) in [6.45, 7) is 9.51. The first-order valence-electron chi connectivity index (χ1n) is 7.87. The highest BCUT2D eigenvalue weighted by Gasteiger charge is 2.65. The van der Waals surface area contributed by atoms with Gasteiger partial charge < -0.3 is 9.47 Å². The van der Waals surface area contributed by atoms with Crippen molar-refractivity contribution in [2.45, 2.75) is 69.3 Å². The molecule has 4 atom stereocenters. The van der Waals surface area contributed by atoms with E-state index in [1.54, 1.807) is 0 Å². The van der Waals surface area contributed by atoms with Gasteiger partial charge in [0.15, 0.2) is 0 Å². The molecule has 2 saturated heterocycles. The fourth-order valence-electron chi connectivity index (χ4n) is 3.89. The van der Waals surface area contributed by atoms with E-state index in [2.05, 4.69) is 67.9 Å². The van der Waals surface area contributed by atoms with E-state index in [9.17, 15) is 0 Å². The van der Waals surface area contributed by atoms with Gasteiger partial charge in [-0.2, -0.15) is 0 Å². The predicted molar refractivity (Wildman–Crippen MR) is 88.8 cm³/mol. The molecule has 1 aromatic carbocycles. The summed E-state index contributed by atoms with van der Waals surface area (Å²) in [5, 5.41) is 0. The van der Waals surface area contributed by atoms with Gasteiger partial charge in [-0.25, -0.2) is 0 Å². The van der Waals surface area contributed by atoms with E-state index in [1.165, 1.54) is 11.1 Å². The number of rotatable bonds is 4. The van der Waals surface area contributed by atoms with Crippen LogP contribution in [0.3, 0.4) is 0 Å². The minimum atomic E-state index is -0.151. The van der Waals surface area contributed by atoms with Crippen molar-refractivity contribution in [2.24, 2.45) is 5.92 Å². The fourth-order valence-corrected chi connectivity index (χ4v) is 5.34. The van der Waals surface area contributed by atoms with Crippen LogP contribution in [-0.2, 0) is 16.1 Å². The van der Waals surface area contributed by atoms with E-state index in [1.807, 2.05) is 0 Å². The number of hydrogen-bond acceptors (Lipinski definition) is 2. The summed E-state index contributed by atoms with van der Waals surface area (Å²) in [6, 6.07) is 8.54. The van der Waals surface area contributed by atoms with Crippen molar-refractivity contribution in [3.8, 4) is 0 Å². The largest absolute Gasteiger partial charge is 0.370 e. The predicted octanol–water partition coefficient (Wildman–Crippen LogP) is 4.62. The van der Waals surface area contributed by atoms with Crippen LogP contribution in [0.5, 0.6) is 0 Å². The van der Waals surface area contributed by atoms with Crippen molar-refractivity contribution in [3.63, 3.8) is 0 Å². The number of fused-ring (bicyclic) bond motifs is 2. The average molecular weight is 353 g/mol. The summed E-state index contributed by atoms with van der Waals surface area (Å²) < 4.78 is 12.7. The zero-order chi connectivity index (χ0) is 15.3. The van der Waals surface area contributed by atoms with Crippen molar-refractivity contribution in [3.05, 3.63) is 35.4 Å². The Morgan fingerprint density at radius 3 is 2.76 bits per heavy atom. The molecule has 0 amide bonds. The van der Waals surface area contributed by atoms with Gasteiger partial charge in [-0.15, -0.1) is 0 Å². The second-order valence-corrected chi connectivity index (χ2v) is 8.29. The summed E-state index contributed by atoms with van der Waals surface area (Å²) >= 11 is 3.84. The number of alkyl halides is 1. The number of benzene rings is 1. The van der Waals surface area contributed by atoms with Crippen LogP contribution in [0, 0.1) is 12.8 Å². The molecule has 0 spiro atoms. The molecule has 3 heteroatoms. The SMILES string of the molecule is Cc1cccc(COC2CC3(C(C)C)OC2(C)CC3Br)c1. The van der Waals surface area contributed by atoms with Gasteiger partial charge in [0, 0.05) is 11.2 Å². The standard InChI is InChI=1S/C18H25BrO2/c1-12(2)18-10-16(17(4,21-18)9-15(18)19)20-11-14-7-5-6-13(3)8-14/h5-8,12,15-16H,9-11H2,1-4H3. The second kappa shape index (κ2) is 5.36. The molecule has 0 aromatic heterocycles. The first-order valence-corrected chi connectivity index (χ1v) is 8.79. The summed E-state index contributed by atoms with van der Waals surface area (Å²) in [5.74, 6) is 0.497. The molecule has 4 unspecified atom stereocenters. The Hall–Kier alpha value is -0.380. The van der Waals surface area contributed by atoms with E-state index in [4.69, 9.17) is 9.47 Å². The van der Waals surface area contributed by atoms with Crippen molar-refractivity contribution in [1.82, 2.24) is 0 Å². The lowest BCUT2D eigenvalue weighted by atomic mass is 9.75. The summed E-state index contributed by atoms with van der Waals surface area (Å²) in [6.07, 6.45) is 2.21. The van der Waals surface area contributed by atoms with Crippen LogP contribution in [0.2, 0.25) is 0 Å². The molecule has 0 aliphatic carbocycles. The lowest BCUT2D eigenvalue weighted by Gasteiger charge is -2.35. The molecule has 2 nitrogen and oxygen atoms in total. The third-order valence-electron chi connectivity index (χ3n) is 5.23. The second-order valence-electron chi connectivity index (χ2n) is 7.19. The highest BCUT2D eigenvalue weighted by molar-refractivity contribution is 9.09. The lowest BCUT2D eigenvalue weighted by Crippen LogP contribution is -2.44. The van der Waals surface area contributed by atoms with Crippen LogP contribution in [0.1, 0.15) is 44.7 Å². The number of ether oxygens (including phenoxy) is 2. The summed E-state index contributed by atoms with van der Waals surface area (Å²) in [7, 11) is 0. The fraction of sp³-hybridized carbons (Fsp3) is 0.667. The average Bonchev–Trinajstić information content (AvgIpc) is 2.84. The van der Waals surface area contributed by atoms with Gasteiger partial charge in [0.05, 0.1) is 23.9 Å². The van der Waals surface area contributed by atoms with Crippen molar-refractivity contribution >= 4 is 15.9 Å². The van der Waals surface area contributed by atoms with Crippen LogP contribution in [0.25, 0.3) is 0 Å². The minimum absolute atomic E-state index is 0.0635. The van der Waals surface area contributed by atoms with Crippen molar-refractivity contribution in [2.75, 3.05) is 0 Å². The molecule has 0 N–H and O–H groups in total. The van der Waals surface area contributed by atoms with Gasteiger partial charge in [-0.3, -0.25) is 0 Å². The Morgan fingerprint density at radius 1 is 1.38 bits per heavy atom. The number of halogens is 1. The lowest BCUT2D eigenvalue weighted by molar-refractivity contribution is -0.0955. The summed E-state index contributed by atoms with van der Waals surface area (Å²) in [4.78, 5) is 0.439. The molecule has 2 aliphatic heterocycles. The van der Waals surface area contributed by atoms with E-state index < -0.39 is 0 Å². The van der Waals surface area contributed by atoms with E-state index in [0.29, 0.717) is 17.4 Å². The molecule has 0 saturated carbocycles. The van der Waals surface area contributed by atoms with Gasteiger partial charge in [-0.05, 0) is 31.7 Å². The van der Waals surface area contributed by atoms with Gasteiger partial charge in [0.1, 0.15) is 0 Å². The Labute approximate surface area is 136 Å². The van der Waals surface area contributed by atoms with Crippen molar-refractivity contribution < 1.29 is 9.47 Å². The van der Waals surface area contributed by atoms with Gasteiger partial charge in [0.25, 0.3) is 0 Å². The molecule has 2 fully saturated rings. The normalized spacial score (nSPS) is 38.4. The Bertz CT molecular complexity index is 530. The third kappa shape index (κ3) is 2.58. The molecule has 1 aromatic rings. The van der Waals surface area contributed by atoms with E-state index in [0.717, 1.165) is 12.8 Å². The molecule has 2 aliphatic rings. The van der Waals surface area contributed by atoms with Gasteiger partial charge >= 0.3 is 0 Å². The maximum absolute atomic E-state index is 6.47. The van der Waals surface area contributed by atoms with Crippen LogP contribution in [0.4, 0.5) is 0 Å². The monoisotopic (exact) mass is 352 g/mol. The Kier molecular flexibility index (Phi) is 3.96. The van der Waals surface area contributed by atoms with Gasteiger partial charge in [0.2, 0.25) is 0 Å². The smallest absolute Gasteiger partial charge is 0.0936 e. The van der Waals surface area contributed by atoms with E-state index in [-0.39, 0.29) is 17.3 Å². The maximum Gasteiger partial charge on any atom is 0.0936 e. The molecule has 21 heavy (non-hydrogen) atoms. The zero-order valence-corrected chi connectivity index (χ0v) is 14.9. The molecule has 2 heterocycles. The minimum Gasteiger partial charge on any atom is -0.370 e. The zero-order valence-electron chi connectivity index (χ0n) is 13.4. The summed E-state index contributed by atoms with van der Waals surface area (Å²) in [5.41, 5.74) is 2.31. The van der Waals surface area contributed by atoms with Crippen LogP contribution >= 0.6 is 15.9 Å². The highest BCUT2D eigenvalue weighted by atomic mass is 79.9. The van der Waals surface area contributed by atoms with Crippen LogP contribution in [0.15, 0.2) is 24.3 Å². The highest BCUT2D eigenvalue weighted by Crippen LogP contribution is 2.57. The number of hydrogen-bond donors (Lipinski definition) is 0. The maximum atomic E-state index is 6.47. The Balaban J connectivity index is 1.71. The first-order chi connectivity index (χ1) is 9.86. The first kappa shape index (κ1) is 15.5. The van der Waals surface area contributed by atoms with Crippen molar-refractivity contribution in [1.29, 1.82) is 0 Å². The molecular formula is C18H25BrO2. The van der Waals surface area contributed by atoms with Crippen LogP contribution < -0.4 is 0 Å². The molecular weight excluding hydrogens is 328 g/mol. The van der Waals surface area contributed by atoms with E-state index >= 15 is 0 Å². The quantitative estimate of drug-likeness (QED) is 0.736. The molecule has 0 radical (unpaired) electrons.